The van der Waals surface area contributed by atoms with E-state index in [1.165, 1.54) is 5.57 Å². The lowest BCUT2D eigenvalue weighted by atomic mass is 9.80. The highest BCUT2D eigenvalue weighted by Crippen LogP contribution is 2.48. The number of ether oxygens (including phenoxy) is 8. The topological polar surface area (TPSA) is 83.7 Å². The van der Waals surface area contributed by atoms with Crippen LogP contribution in [0.5, 0.6) is 17.2 Å². The summed E-state index contributed by atoms with van der Waals surface area (Å²) in [5, 5.41) is 0. The van der Waals surface area contributed by atoms with E-state index in [1.807, 2.05) is 24.3 Å². The van der Waals surface area contributed by atoms with Gasteiger partial charge < -0.3 is 37.9 Å². The van der Waals surface area contributed by atoms with Gasteiger partial charge in [-0.05, 0) is 113 Å². The van der Waals surface area contributed by atoms with Crippen LogP contribution in [0.3, 0.4) is 0 Å². The minimum atomic E-state index is -0.192. The summed E-state index contributed by atoms with van der Waals surface area (Å²) in [6.07, 6.45) is 16.6. The van der Waals surface area contributed by atoms with Gasteiger partial charge in [-0.15, -0.1) is 26.3 Å². The van der Waals surface area contributed by atoms with E-state index in [0.717, 1.165) is 100.0 Å². The normalized spacial score (nSPS) is 23.1. The van der Waals surface area contributed by atoms with Crippen molar-refractivity contribution in [2.75, 3.05) is 46.2 Å². The van der Waals surface area contributed by atoms with Crippen LogP contribution in [-0.4, -0.2) is 70.9 Å². The largest absolute Gasteiger partial charge is 0.490 e. The van der Waals surface area contributed by atoms with Crippen molar-refractivity contribution >= 4 is 5.57 Å². The number of hydrogen-bond acceptors (Lipinski definition) is 8. The SMILES string of the molecule is C=CCc1cc(-c2ccc(OCC3CO3)c(CC=C)c2-c2cc(OCC3CO3)c(CC=C)cc2C2=CC=C(OC3CCO3)C(CC=C)C2)ccc1OCC1CO1. The number of allylic oxidation sites excluding steroid dienone is 8. The molecule has 292 valence electrons. The van der Waals surface area contributed by atoms with E-state index in [4.69, 9.17) is 37.9 Å². The summed E-state index contributed by atoms with van der Waals surface area (Å²) in [6, 6.07) is 15.2. The van der Waals surface area contributed by atoms with Crippen LogP contribution in [0.15, 0.2) is 111 Å². The van der Waals surface area contributed by atoms with Gasteiger partial charge >= 0.3 is 0 Å². The fourth-order valence-corrected chi connectivity index (χ4v) is 7.40. The van der Waals surface area contributed by atoms with E-state index < -0.39 is 0 Å². The Hall–Kier alpha value is -4.86. The molecule has 4 aliphatic heterocycles. The van der Waals surface area contributed by atoms with Crippen LogP contribution in [0.2, 0.25) is 0 Å². The van der Waals surface area contributed by atoms with Crippen LogP contribution < -0.4 is 14.2 Å². The van der Waals surface area contributed by atoms with Crippen molar-refractivity contribution in [3.63, 3.8) is 0 Å². The van der Waals surface area contributed by atoms with Crippen LogP contribution in [0, 0.1) is 5.92 Å². The Morgan fingerprint density at radius 2 is 1.25 bits per heavy atom. The number of hydrogen-bond donors (Lipinski definition) is 0. The molecule has 4 heterocycles. The lowest BCUT2D eigenvalue weighted by Crippen LogP contribution is -2.31. The van der Waals surface area contributed by atoms with Crippen molar-refractivity contribution in [3.05, 3.63) is 133 Å². The van der Waals surface area contributed by atoms with Gasteiger partial charge in [0.2, 0.25) is 6.29 Å². The first-order valence-corrected chi connectivity index (χ1v) is 19.9. The Balaban J connectivity index is 1.32. The summed E-state index contributed by atoms with van der Waals surface area (Å²) in [5.74, 6) is 3.51. The van der Waals surface area contributed by atoms with Crippen LogP contribution >= 0.6 is 0 Å². The monoisotopic (exact) mass is 756 g/mol. The van der Waals surface area contributed by atoms with Crippen molar-refractivity contribution in [1.82, 2.24) is 0 Å². The lowest BCUT2D eigenvalue weighted by molar-refractivity contribution is -0.198. The molecule has 0 saturated carbocycles. The Bertz CT molecular complexity index is 2010. The maximum Gasteiger partial charge on any atom is 0.201 e. The maximum atomic E-state index is 6.58. The maximum absolute atomic E-state index is 6.58. The Kier molecular flexibility index (Phi) is 11.9. The minimum Gasteiger partial charge on any atom is -0.490 e. The summed E-state index contributed by atoms with van der Waals surface area (Å²) in [6.45, 7) is 20.9. The molecular formula is C48H52O8. The molecule has 5 aliphatic rings. The second kappa shape index (κ2) is 17.5. The third-order valence-electron chi connectivity index (χ3n) is 10.7. The smallest absolute Gasteiger partial charge is 0.201 e. The number of rotatable bonds is 22. The highest BCUT2D eigenvalue weighted by atomic mass is 16.7. The lowest BCUT2D eigenvalue weighted by Gasteiger charge is -2.33. The summed E-state index contributed by atoms with van der Waals surface area (Å²) < 4.78 is 47.9. The molecule has 0 amide bonds. The van der Waals surface area contributed by atoms with Gasteiger partial charge in [-0.1, -0.05) is 42.5 Å². The van der Waals surface area contributed by atoms with Gasteiger partial charge in [-0.2, -0.15) is 0 Å². The summed E-state index contributed by atoms with van der Waals surface area (Å²) in [7, 11) is 0. The predicted molar refractivity (Wildman–Crippen MR) is 219 cm³/mol. The van der Waals surface area contributed by atoms with Crippen molar-refractivity contribution in [2.24, 2.45) is 5.92 Å². The van der Waals surface area contributed by atoms with Gasteiger partial charge in [0.15, 0.2) is 0 Å². The van der Waals surface area contributed by atoms with Crippen molar-refractivity contribution in [2.45, 2.75) is 63.1 Å². The summed E-state index contributed by atoms with van der Waals surface area (Å²) >= 11 is 0. The highest BCUT2D eigenvalue weighted by Gasteiger charge is 2.31. The van der Waals surface area contributed by atoms with Crippen LogP contribution in [0.4, 0.5) is 0 Å². The molecule has 0 radical (unpaired) electrons. The molecule has 4 saturated heterocycles. The van der Waals surface area contributed by atoms with E-state index in [9.17, 15) is 0 Å². The quantitative estimate of drug-likeness (QED) is 0.0742. The zero-order valence-electron chi connectivity index (χ0n) is 32.2. The van der Waals surface area contributed by atoms with Crippen molar-refractivity contribution in [3.8, 4) is 39.5 Å². The Morgan fingerprint density at radius 3 is 1.86 bits per heavy atom. The molecule has 8 rings (SSSR count). The van der Waals surface area contributed by atoms with Crippen molar-refractivity contribution in [1.29, 1.82) is 0 Å². The van der Waals surface area contributed by atoms with E-state index in [1.54, 1.807) is 0 Å². The number of benzene rings is 3. The zero-order chi connectivity index (χ0) is 38.4. The van der Waals surface area contributed by atoms with E-state index in [-0.39, 0.29) is 30.5 Å². The molecule has 0 spiro atoms. The van der Waals surface area contributed by atoms with Gasteiger partial charge in [0.25, 0.3) is 0 Å². The highest BCUT2D eigenvalue weighted by molar-refractivity contribution is 5.94. The standard InChI is InChI=1S/C48H52O8/c1-5-9-33-21-31(13-16-43(33)53-28-36-25-50-36)39-15-18-45(54-29-37-26-51-37)40(12-8-4)48(39)42-24-46(55-30-38-27-52-38)35(11-7-3)23-41(42)32-14-17-44(34(22-32)10-6-2)56-47-19-20-49-47/h5-8,13-18,21,23-24,34,36-38,47H,1-4,9-12,19-20,22,25-30H2. The second-order valence-corrected chi connectivity index (χ2v) is 15.0. The molecule has 5 atom stereocenters. The van der Waals surface area contributed by atoms with Crippen LogP contribution in [0.25, 0.3) is 27.8 Å². The molecule has 8 nitrogen and oxygen atoms in total. The molecule has 4 fully saturated rings. The van der Waals surface area contributed by atoms with Gasteiger partial charge in [0.05, 0.1) is 26.4 Å². The minimum absolute atomic E-state index is 0.0994. The van der Waals surface area contributed by atoms with E-state index in [0.29, 0.717) is 52.3 Å². The van der Waals surface area contributed by atoms with Gasteiger partial charge in [-0.25, -0.2) is 0 Å². The first-order valence-electron chi connectivity index (χ1n) is 19.9. The van der Waals surface area contributed by atoms with E-state index in [2.05, 4.69) is 80.9 Å². The molecule has 5 unspecified atom stereocenters. The molecule has 3 aromatic carbocycles. The molecular weight excluding hydrogens is 705 g/mol. The van der Waals surface area contributed by atoms with Crippen LogP contribution in [0.1, 0.15) is 41.5 Å². The molecule has 0 N–H and O–H groups in total. The second-order valence-electron chi connectivity index (χ2n) is 15.0. The predicted octanol–water partition coefficient (Wildman–Crippen LogP) is 9.17. The molecule has 0 bridgehead atoms. The van der Waals surface area contributed by atoms with Crippen LogP contribution in [-0.2, 0) is 42.9 Å². The summed E-state index contributed by atoms with van der Waals surface area (Å²) in [5.41, 5.74) is 9.71. The van der Waals surface area contributed by atoms with Crippen molar-refractivity contribution < 1.29 is 37.9 Å². The zero-order valence-corrected chi connectivity index (χ0v) is 32.2. The molecule has 56 heavy (non-hydrogen) atoms. The molecule has 3 aromatic rings. The fraction of sp³-hybridized carbons (Fsp3) is 0.375. The third kappa shape index (κ3) is 9.06. The first-order chi connectivity index (χ1) is 27.5. The Labute approximate surface area is 330 Å². The average molecular weight is 757 g/mol. The fourth-order valence-electron chi connectivity index (χ4n) is 7.40. The molecule has 0 aromatic heterocycles. The average Bonchev–Trinajstić information content (AvgIpc) is 4.03. The van der Waals surface area contributed by atoms with Gasteiger partial charge in [0.1, 0.15) is 61.1 Å². The van der Waals surface area contributed by atoms with Gasteiger partial charge in [-0.3, -0.25) is 0 Å². The van der Waals surface area contributed by atoms with E-state index >= 15 is 0 Å². The summed E-state index contributed by atoms with van der Waals surface area (Å²) in [4.78, 5) is 0. The molecule has 1 aliphatic carbocycles. The first kappa shape index (κ1) is 38.0. The molecule has 8 heteroatoms. The Morgan fingerprint density at radius 1 is 0.625 bits per heavy atom. The van der Waals surface area contributed by atoms with Gasteiger partial charge in [0, 0.05) is 17.9 Å². The third-order valence-corrected chi connectivity index (χ3v) is 10.7. The number of epoxide rings is 3.